The summed E-state index contributed by atoms with van der Waals surface area (Å²) in [5, 5.41) is 3.38. The zero-order valence-corrected chi connectivity index (χ0v) is 17.4. The first-order valence-electron chi connectivity index (χ1n) is 9.31. The fourth-order valence-corrected chi connectivity index (χ4v) is 2.79. The van der Waals surface area contributed by atoms with Gasteiger partial charge in [-0.1, -0.05) is 6.07 Å². The van der Waals surface area contributed by atoms with Crippen molar-refractivity contribution < 1.29 is 14.2 Å². The molecular weight excluding hydrogens is 356 g/mol. The van der Waals surface area contributed by atoms with Gasteiger partial charge in [-0.15, -0.1) is 0 Å². The van der Waals surface area contributed by atoms with Crippen molar-refractivity contribution in [2.24, 2.45) is 4.99 Å². The van der Waals surface area contributed by atoms with E-state index >= 15 is 0 Å². The predicted molar refractivity (Wildman–Crippen MR) is 111 cm³/mol. The topological polar surface area (TPSA) is 68.2 Å². The molecule has 0 aliphatic carbocycles. The quantitative estimate of drug-likeness (QED) is 0.528. The number of guanidine groups is 1. The molecule has 2 rings (SSSR count). The lowest BCUT2D eigenvalue weighted by Crippen LogP contribution is -2.39. The van der Waals surface area contributed by atoms with Crippen molar-refractivity contribution in [2.45, 2.75) is 19.9 Å². The number of benzene rings is 1. The van der Waals surface area contributed by atoms with Crippen molar-refractivity contribution in [2.75, 3.05) is 41.5 Å². The molecule has 0 saturated carbocycles. The number of likely N-dealkylation sites (N-methyl/N-ethyl adjacent to an activating group) is 1. The molecule has 2 aromatic rings. The Balaban J connectivity index is 1.91. The zero-order valence-electron chi connectivity index (χ0n) is 17.4. The highest BCUT2D eigenvalue weighted by atomic mass is 16.5. The molecule has 0 amide bonds. The van der Waals surface area contributed by atoms with Gasteiger partial charge in [-0.3, -0.25) is 4.99 Å². The predicted octanol–water partition coefficient (Wildman–Crippen LogP) is 2.75. The summed E-state index contributed by atoms with van der Waals surface area (Å²) in [5.41, 5.74) is 2.27. The van der Waals surface area contributed by atoms with Crippen molar-refractivity contribution in [3.8, 4) is 17.4 Å². The van der Waals surface area contributed by atoms with Gasteiger partial charge >= 0.3 is 0 Å². The SMILES string of the molecule is CCOc1cc(CNC(=NC)N(C)CCc2ccc(OC)c(OC)c2)ccn1. The Morgan fingerprint density at radius 1 is 1.11 bits per heavy atom. The van der Waals surface area contributed by atoms with Crippen molar-refractivity contribution in [1.82, 2.24) is 15.2 Å². The molecule has 28 heavy (non-hydrogen) atoms. The number of methoxy groups -OCH3 is 2. The van der Waals surface area contributed by atoms with Gasteiger partial charge in [0.2, 0.25) is 5.88 Å². The molecule has 0 unspecified atom stereocenters. The Labute approximate surface area is 167 Å². The summed E-state index contributed by atoms with van der Waals surface area (Å²) in [6.45, 7) is 4.01. The van der Waals surface area contributed by atoms with Crippen LogP contribution in [0.25, 0.3) is 0 Å². The van der Waals surface area contributed by atoms with E-state index < -0.39 is 0 Å². The summed E-state index contributed by atoms with van der Waals surface area (Å²) in [5.74, 6) is 2.95. The Morgan fingerprint density at radius 3 is 2.57 bits per heavy atom. The van der Waals surface area contributed by atoms with Crippen LogP contribution in [0.4, 0.5) is 0 Å². The van der Waals surface area contributed by atoms with E-state index in [0.29, 0.717) is 19.0 Å². The zero-order chi connectivity index (χ0) is 20.4. The van der Waals surface area contributed by atoms with Crippen LogP contribution >= 0.6 is 0 Å². The van der Waals surface area contributed by atoms with Crippen LogP contribution in [0.3, 0.4) is 0 Å². The highest BCUT2D eigenvalue weighted by molar-refractivity contribution is 5.79. The van der Waals surface area contributed by atoms with Gasteiger partial charge in [-0.05, 0) is 42.7 Å². The molecule has 0 aliphatic heterocycles. The summed E-state index contributed by atoms with van der Waals surface area (Å²) >= 11 is 0. The molecule has 7 heteroatoms. The number of aliphatic imine (C=N–C) groups is 1. The van der Waals surface area contributed by atoms with Crippen LogP contribution in [0.5, 0.6) is 17.4 Å². The third-order valence-corrected chi connectivity index (χ3v) is 4.30. The number of rotatable bonds is 9. The third-order valence-electron chi connectivity index (χ3n) is 4.30. The number of aromatic nitrogens is 1. The van der Waals surface area contributed by atoms with Gasteiger partial charge in [-0.2, -0.15) is 0 Å². The van der Waals surface area contributed by atoms with Gasteiger partial charge in [0, 0.05) is 39.4 Å². The summed E-state index contributed by atoms with van der Waals surface area (Å²) < 4.78 is 16.1. The van der Waals surface area contributed by atoms with Crippen LogP contribution in [0.15, 0.2) is 41.5 Å². The van der Waals surface area contributed by atoms with Gasteiger partial charge in [0.15, 0.2) is 17.5 Å². The maximum absolute atomic E-state index is 5.45. The average Bonchev–Trinajstić information content (AvgIpc) is 2.73. The van der Waals surface area contributed by atoms with Crippen molar-refractivity contribution in [1.29, 1.82) is 0 Å². The van der Waals surface area contributed by atoms with E-state index in [1.807, 2.05) is 38.2 Å². The Hall–Kier alpha value is -2.96. The van der Waals surface area contributed by atoms with Crippen LogP contribution < -0.4 is 19.5 Å². The maximum Gasteiger partial charge on any atom is 0.213 e. The maximum atomic E-state index is 5.45. The molecule has 0 spiro atoms. The first-order valence-corrected chi connectivity index (χ1v) is 9.31. The third kappa shape index (κ3) is 6.04. The molecule has 0 aliphatic rings. The molecular formula is C21H30N4O3. The first-order chi connectivity index (χ1) is 13.6. The molecule has 1 aromatic heterocycles. The van der Waals surface area contributed by atoms with Gasteiger partial charge in [-0.25, -0.2) is 4.98 Å². The minimum Gasteiger partial charge on any atom is -0.493 e. The summed E-state index contributed by atoms with van der Waals surface area (Å²) in [7, 11) is 7.10. The van der Waals surface area contributed by atoms with Crippen molar-refractivity contribution in [3.05, 3.63) is 47.7 Å². The molecule has 7 nitrogen and oxygen atoms in total. The highest BCUT2D eigenvalue weighted by Gasteiger charge is 2.09. The lowest BCUT2D eigenvalue weighted by molar-refractivity contribution is 0.326. The molecule has 0 atom stereocenters. The lowest BCUT2D eigenvalue weighted by atomic mass is 10.1. The fraction of sp³-hybridized carbons (Fsp3) is 0.429. The Morgan fingerprint density at radius 2 is 1.89 bits per heavy atom. The summed E-state index contributed by atoms with van der Waals surface area (Å²) in [4.78, 5) is 10.7. The first kappa shape index (κ1) is 21.3. The molecule has 0 radical (unpaired) electrons. The number of nitrogens with zero attached hydrogens (tertiary/aromatic N) is 3. The van der Waals surface area contributed by atoms with Crippen LogP contribution in [0.1, 0.15) is 18.1 Å². The van der Waals surface area contributed by atoms with Gasteiger partial charge < -0.3 is 24.4 Å². The molecule has 0 fully saturated rings. The van der Waals surface area contributed by atoms with Crippen molar-refractivity contribution in [3.63, 3.8) is 0 Å². The highest BCUT2D eigenvalue weighted by Crippen LogP contribution is 2.27. The molecule has 1 aromatic carbocycles. The Bertz CT molecular complexity index is 780. The van der Waals surface area contributed by atoms with Crippen LogP contribution in [-0.4, -0.2) is 57.3 Å². The van der Waals surface area contributed by atoms with E-state index in [1.54, 1.807) is 27.5 Å². The second kappa shape index (κ2) is 11.0. The van der Waals surface area contributed by atoms with E-state index in [0.717, 1.165) is 36.0 Å². The summed E-state index contributed by atoms with van der Waals surface area (Å²) in [6, 6.07) is 9.90. The van der Waals surface area contributed by atoms with E-state index in [-0.39, 0.29) is 0 Å². The monoisotopic (exact) mass is 386 g/mol. The number of nitrogens with one attached hydrogen (secondary N) is 1. The molecule has 0 bridgehead atoms. The van der Waals surface area contributed by atoms with Crippen LogP contribution in [-0.2, 0) is 13.0 Å². The van der Waals surface area contributed by atoms with Gasteiger partial charge in [0.1, 0.15) is 0 Å². The van der Waals surface area contributed by atoms with Crippen molar-refractivity contribution >= 4 is 5.96 Å². The smallest absolute Gasteiger partial charge is 0.213 e. The second-order valence-electron chi connectivity index (χ2n) is 6.20. The molecule has 152 valence electrons. The lowest BCUT2D eigenvalue weighted by Gasteiger charge is -2.22. The number of hydrogen-bond acceptors (Lipinski definition) is 5. The molecule has 1 heterocycles. The summed E-state index contributed by atoms with van der Waals surface area (Å²) in [6.07, 6.45) is 2.62. The molecule has 1 N–H and O–H groups in total. The van der Waals surface area contributed by atoms with E-state index in [1.165, 1.54) is 5.56 Å². The van der Waals surface area contributed by atoms with E-state index in [4.69, 9.17) is 14.2 Å². The van der Waals surface area contributed by atoms with Crippen LogP contribution in [0.2, 0.25) is 0 Å². The molecule has 0 saturated heterocycles. The second-order valence-corrected chi connectivity index (χ2v) is 6.20. The average molecular weight is 386 g/mol. The number of ether oxygens (including phenoxy) is 3. The normalized spacial score (nSPS) is 11.1. The standard InChI is InChI=1S/C21H30N4O3/c1-6-28-20-14-17(9-11-23-20)15-24-21(22-2)25(3)12-10-16-7-8-18(26-4)19(13-16)27-5/h7-9,11,13-14H,6,10,12,15H2,1-5H3,(H,22,24). The van der Waals surface area contributed by atoms with Gasteiger partial charge in [0.25, 0.3) is 0 Å². The van der Waals surface area contributed by atoms with Crippen LogP contribution in [0, 0.1) is 0 Å². The van der Waals surface area contributed by atoms with E-state index in [2.05, 4.69) is 26.3 Å². The van der Waals surface area contributed by atoms with Gasteiger partial charge in [0.05, 0.1) is 20.8 Å². The minimum atomic E-state index is 0.602. The Kier molecular flexibility index (Phi) is 8.39. The van der Waals surface area contributed by atoms with E-state index in [9.17, 15) is 0 Å². The minimum absolute atomic E-state index is 0.602. The number of pyridine rings is 1. The largest absolute Gasteiger partial charge is 0.493 e. The fourth-order valence-electron chi connectivity index (χ4n) is 2.79. The number of hydrogen-bond donors (Lipinski definition) is 1.